The maximum atomic E-state index is 6.43. The molecule has 0 atom stereocenters. The van der Waals surface area contributed by atoms with Crippen LogP contribution in [0.15, 0.2) is 24.3 Å². The lowest BCUT2D eigenvalue weighted by molar-refractivity contribution is 0.619. The van der Waals surface area contributed by atoms with E-state index in [-0.39, 0.29) is 0 Å². The lowest BCUT2D eigenvalue weighted by Gasteiger charge is -2.11. The summed E-state index contributed by atoms with van der Waals surface area (Å²) in [5.74, 6) is 0.531. The molecule has 0 aliphatic rings. The molecule has 0 amide bonds. The number of anilines is 1. The first-order chi connectivity index (χ1) is 10.1. The molecule has 1 N–H and O–H groups in total. The fraction of sp³-hybridized carbons (Fsp3) is 0.471. The predicted molar refractivity (Wildman–Crippen MR) is 90.1 cm³/mol. The zero-order valence-electron chi connectivity index (χ0n) is 13.3. The number of aryl methyl sites for hydroxylation is 2. The van der Waals surface area contributed by atoms with Gasteiger partial charge in [-0.15, -0.1) is 0 Å². The molecule has 2 aromatic rings. The van der Waals surface area contributed by atoms with Gasteiger partial charge in [0.2, 0.25) is 0 Å². The number of rotatable bonds is 6. The SMILES string of the molecule is CCc1nn(CC)c(CNc2cccc(C(C)C)c2)c1Cl. The van der Waals surface area contributed by atoms with E-state index in [2.05, 4.69) is 62.4 Å². The molecule has 0 spiro atoms. The highest BCUT2D eigenvalue weighted by molar-refractivity contribution is 6.31. The molecule has 1 heterocycles. The minimum Gasteiger partial charge on any atom is -0.379 e. The molecular weight excluding hydrogens is 282 g/mol. The van der Waals surface area contributed by atoms with E-state index in [0.29, 0.717) is 12.5 Å². The van der Waals surface area contributed by atoms with Crippen LogP contribution in [0.3, 0.4) is 0 Å². The van der Waals surface area contributed by atoms with Crippen molar-refractivity contribution in [3.05, 3.63) is 46.2 Å². The van der Waals surface area contributed by atoms with Crippen LogP contribution in [0.5, 0.6) is 0 Å². The van der Waals surface area contributed by atoms with Crippen molar-refractivity contribution >= 4 is 17.3 Å². The quantitative estimate of drug-likeness (QED) is 0.826. The molecule has 0 radical (unpaired) electrons. The maximum absolute atomic E-state index is 6.43. The van der Waals surface area contributed by atoms with Crippen LogP contribution in [0.1, 0.15) is 50.6 Å². The topological polar surface area (TPSA) is 29.9 Å². The van der Waals surface area contributed by atoms with Gasteiger partial charge in [-0.3, -0.25) is 4.68 Å². The molecule has 1 aromatic heterocycles. The van der Waals surface area contributed by atoms with Crippen molar-refractivity contribution in [3.8, 4) is 0 Å². The number of hydrogen-bond acceptors (Lipinski definition) is 2. The lowest BCUT2D eigenvalue weighted by Crippen LogP contribution is -2.08. The van der Waals surface area contributed by atoms with Gasteiger partial charge in [0.25, 0.3) is 0 Å². The fourth-order valence-corrected chi connectivity index (χ4v) is 2.72. The predicted octanol–water partition coefficient (Wildman–Crippen LogP) is 4.85. The van der Waals surface area contributed by atoms with E-state index in [0.717, 1.165) is 35.1 Å². The summed E-state index contributed by atoms with van der Waals surface area (Å²) in [6, 6.07) is 8.54. The summed E-state index contributed by atoms with van der Waals surface area (Å²) in [5, 5.41) is 8.81. The molecule has 2 rings (SSSR count). The highest BCUT2D eigenvalue weighted by Crippen LogP contribution is 2.24. The van der Waals surface area contributed by atoms with Crippen LogP contribution in [0.2, 0.25) is 5.02 Å². The van der Waals surface area contributed by atoms with Crippen molar-refractivity contribution in [2.45, 2.75) is 53.1 Å². The van der Waals surface area contributed by atoms with Gasteiger partial charge in [0.15, 0.2) is 0 Å². The highest BCUT2D eigenvalue weighted by Gasteiger charge is 2.13. The first-order valence-corrected chi connectivity index (χ1v) is 8.02. The van der Waals surface area contributed by atoms with Crippen molar-refractivity contribution in [1.29, 1.82) is 0 Å². The normalized spacial score (nSPS) is 11.1. The Labute approximate surface area is 132 Å². The minimum atomic E-state index is 0.531. The van der Waals surface area contributed by atoms with Crippen LogP contribution in [0.25, 0.3) is 0 Å². The van der Waals surface area contributed by atoms with E-state index in [1.807, 2.05) is 4.68 Å². The Bertz CT molecular complexity index is 602. The standard InChI is InChI=1S/C17H24ClN3/c1-5-15-17(18)16(21(6-2)20-15)11-19-14-9-7-8-13(10-14)12(3)4/h7-10,12,19H,5-6,11H2,1-4H3. The van der Waals surface area contributed by atoms with E-state index >= 15 is 0 Å². The van der Waals surface area contributed by atoms with E-state index in [4.69, 9.17) is 11.6 Å². The molecule has 21 heavy (non-hydrogen) atoms. The molecule has 1 aromatic carbocycles. The molecule has 0 saturated carbocycles. The van der Waals surface area contributed by atoms with E-state index in [9.17, 15) is 0 Å². The van der Waals surface area contributed by atoms with Crippen LogP contribution in [-0.4, -0.2) is 9.78 Å². The smallest absolute Gasteiger partial charge is 0.0868 e. The third kappa shape index (κ3) is 3.59. The number of halogens is 1. The number of nitrogens with one attached hydrogen (secondary N) is 1. The number of aromatic nitrogens is 2. The van der Waals surface area contributed by atoms with Gasteiger partial charge in [-0.1, -0.05) is 44.5 Å². The van der Waals surface area contributed by atoms with Gasteiger partial charge in [-0.05, 0) is 37.0 Å². The van der Waals surface area contributed by atoms with Gasteiger partial charge in [0.1, 0.15) is 0 Å². The molecule has 4 heteroatoms. The largest absolute Gasteiger partial charge is 0.379 e. The summed E-state index contributed by atoms with van der Waals surface area (Å²) < 4.78 is 1.99. The average molecular weight is 306 g/mol. The molecule has 0 unspecified atom stereocenters. The van der Waals surface area contributed by atoms with Crippen molar-refractivity contribution in [3.63, 3.8) is 0 Å². The summed E-state index contributed by atoms with van der Waals surface area (Å²) in [6.07, 6.45) is 0.863. The Hall–Kier alpha value is -1.48. The average Bonchev–Trinajstić information content (AvgIpc) is 2.81. The third-order valence-corrected chi connectivity index (χ3v) is 4.14. The Kier molecular flexibility index (Phi) is 5.29. The zero-order chi connectivity index (χ0) is 15.4. The lowest BCUT2D eigenvalue weighted by atomic mass is 10.0. The second kappa shape index (κ2) is 6.99. The first-order valence-electron chi connectivity index (χ1n) is 7.64. The Morgan fingerprint density at radius 1 is 1.29 bits per heavy atom. The van der Waals surface area contributed by atoms with Gasteiger partial charge in [0, 0.05) is 12.2 Å². The fourth-order valence-electron chi connectivity index (χ4n) is 2.38. The highest BCUT2D eigenvalue weighted by atomic mass is 35.5. The first kappa shape index (κ1) is 15.9. The van der Waals surface area contributed by atoms with Crippen molar-refractivity contribution in [1.82, 2.24) is 9.78 Å². The Morgan fingerprint density at radius 3 is 2.67 bits per heavy atom. The molecule has 0 bridgehead atoms. The van der Waals surface area contributed by atoms with Crippen LogP contribution < -0.4 is 5.32 Å². The van der Waals surface area contributed by atoms with Crippen LogP contribution in [0, 0.1) is 0 Å². The Balaban J connectivity index is 2.16. The second-order valence-electron chi connectivity index (χ2n) is 5.51. The van der Waals surface area contributed by atoms with Crippen molar-refractivity contribution in [2.75, 3.05) is 5.32 Å². The van der Waals surface area contributed by atoms with Crippen molar-refractivity contribution in [2.24, 2.45) is 0 Å². The molecule has 0 fully saturated rings. The molecule has 3 nitrogen and oxygen atoms in total. The van der Waals surface area contributed by atoms with E-state index < -0.39 is 0 Å². The summed E-state index contributed by atoms with van der Waals surface area (Å²) in [5.41, 5.74) is 4.50. The molecule has 0 aliphatic carbocycles. The van der Waals surface area contributed by atoms with Gasteiger partial charge in [-0.25, -0.2) is 0 Å². The number of hydrogen-bond donors (Lipinski definition) is 1. The summed E-state index contributed by atoms with van der Waals surface area (Å²) >= 11 is 6.43. The molecular formula is C17H24ClN3. The van der Waals surface area contributed by atoms with Crippen LogP contribution >= 0.6 is 11.6 Å². The Morgan fingerprint density at radius 2 is 2.05 bits per heavy atom. The van der Waals surface area contributed by atoms with Gasteiger partial charge in [0.05, 0.1) is 23.0 Å². The number of benzene rings is 1. The summed E-state index contributed by atoms with van der Waals surface area (Å²) in [7, 11) is 0. The van der Waals surface area contributed by atoms with Crippen LogP contribution in [0.4, 0.5) is 5.69 Å². The molecule has 114 valence electrons. The zero-order valence-corrected chi connectivity index (χ0v) is 14.0. The summed E-state index contributed by atoms with van der Waals surface area (Å²) in [6.45, 7) is 10.1. The third-order valence-electron chi connectivity index (χ3n) is 3.71. The van der Waals surface area contributed by atoms with Crippen LogP contribution in [-0.2, 0) is 19.5 Å². The van der Waals surface area contributed by atoms with E-state index in [1.165, 1.54) is 5.56 Å². The summed E-state index contributed by atoms with van der Waals surface area (Å²) in [4.78, 5) is 0. The van der Waals surface area contributed by atoms with Gasteiger partial charge in [-0.2, -0.15) is 5.10 Å². The van der Waals surface area contributed by atoms with Gasteiger partial charge < -0.3 is 5.32 Å². The molecule has 0 aliphatic heterocycles. The van der Waals surface area contributed by atoms with Gasteiger partial charge >= 0.3 is 0 Å². The monoisotopic (exact) mass is 305 g/mol. The maximum Gasteiger partial charge on any atom is 0.0868 e. The van der Waals surface area contributed by atoms with E-state index in [1.54, 1.807) is 0 Å². The van der Waals surface area contributed by atoms with Crippen molar-refractivity contribution < 1.29 is 0 Å². The second-order valence-corrected chi connectivity index (χ2v) is 5.89. The minimum absolute atomic E-state index is 0.531. The molecule has 0 saturated heterocycles. The number of nitrogens with zero attached hydrogens (tertiary/aromatic N) is 2.